The lowest BCUT2D eigenvalue weighted by Crippen LogP contribution is -2.65. The van der Waals surface area contributed by atoms with E-state index in [1.165, 1.54) is 11.0 Å². The van der Waals surface area contributed by atoms with Gasteiger partial charge in [0, 0.05) is 37.4 Å². The average molecular weight is 454 g/mol. The number of alkyl halides is 3. The number of H-pyrrole nitrogens is 1. The Balaban J connectivity index is 1.77. The molecular weight excluding hydrogens is 437 g/mol. The first-order valence-electron chi connectivity index (χ1n) is 9.19. The molecule has 0 unspecified atom stereocenters. The number of hydrogen-bond acceptors (Lipinski definition) is 7. The maximum atomic E-state index is 12.9. The minimum Gasteiger partial charge on any atom is -0.368 e. The molecule has 0 atom stereocenters. The molecule has 4 heterocycles. The molecule has 10 nitrogen and oxygen atoms in total. The van der Waals surface area contributed by atoms with Gasteiger partial charge in [0.15, 0.2) is 5.82 Å². The van der Waals surface area contributed by atoms with Crippen LogP contribution in [0.2, 0.25) is 0 Å². The third-order valence-electron chi connectivity index (χ3n) is 5.14. The number of anilines is 1. The number of sulfonamides is 1. The number of fused-ring (bicyclic) bond motifs is 1. The van der Waals surface area contributed by atoms with Crippen LogP contribution >= 0.6 is 0 Å². The Morgan fingerprint density at radius 2 is 2.10 bits per heavy atom. The molecule has 1 saturated heterocycles. The van der Waals surface area contributed by atoms with E-state index in [2.05, 4.69) is 25.4 Å². The fraction of sp³-hybridized carbons (Fsp3) is 0.412. The molecule has 0 saturated carbocycles. The second-order valence-electron chi connectivity index (χ2n) is 7.11. The minimum absolute atomic E-state index is 0.215. The largest absolute Gasteiger partial charge is 0.511 e. The Morgan fingerprint density at radius 3 is 2.74 bits per heavy atom. The van der Waals surface area contributed by atoms with Crippen molar-refractivity contribution < 1.29 is 21.6 Å². The Morgan fingerprint density at radius 1 is 1.35 bits per heavy atom. The molecule has 4 rings (SSSR count). The second-order valence-corrected chi connectivity index (χ2v) is 9.04. The van der Waals surface area contributed by atoms with E-state index in [9.17, 15) is 26.9 Å². The Bertz CT molecular complexity index is 1270. The van der Waals surface area contributed by atoms with E-state index in [1.807, 2.05) is 13.0 Å². The van der Waals surface area contributed by atoms with Crippen molar-refractivity contribution in [2.45, 2.75) is 24.4 Å². The lowest BCUT2D eigenvalue weighted by atomic mass is 9.89. The topological polar surface area (TPSA) is 133 Å². The summed E-state index contributed by atoms with van der Waals surface area (Å²) in [5.41, 5.74) is -4.93. The number of nitriles is 1. The van der Waals surface area contributed by atoms with Gasteiger partial charge in [0.05, 0.1) is 23.7 Å². The zero-order chi connectivity index (χ0) is 22.4. The van der Waals surface area contributed by atoms with Crippen LogP contribution in [-0.4, -0.2) is 62.6 Å². The number of rotatable bonds is 6. The Labute approximate surface area is 174 Å². The predicted molar refractivity (Wildman–Crippen MR) is 104 cm³/mol. The summed E-state index contributed by atoms with van der Waals surface area (Å²) >= 11 is 0. The van der Waals surface area contributed by atoms with Crippen LogP contribution in [0.1, 0.15) is 13.3 Å². The van der Waals surface area contributed by atoms with Crippen LogP contribution in [-0.2, 0) is 15.6 Å². The molecule has 14 heteroatoms. The van der Waals surface area contributed by atoms with Gasteiger partial charge >= 0.3 is 15.5 Å². The van der Waals surface area contributed by atoms with Crippen LogP contribution in [0.3, 0.4) is 0 Å². The van der Waals surface area contributed by atoms with Gasteiger partial charge in [0.2, 0.25) is 0 Å². The van der Waals surface area contributed by atoms with Gasteiger partial charge in [0.1, 0.15) is 17.5 Å². The molecule has 0 amide bonds. The average Bonchev–Trinajstić information content (AvgIpc) is 3.30. The fourth-order valence-electron chi connectivity index (χ4n) is 3.59. The van der Waals surface area contributed by atoms with E-state index in [0.29, 0.717) is 39.0 Å². The van der Waals surface area contributed by atoms with E-state index < -0.39 is 34.2 Å². The maximum Gasteiger partial charge on any atom is 0.511 e. The zero-order valence-electron chi connectivity index (χ0n) is 16.2. The molecule has 31 heavy (non-hydrogen) atoms. The van der Waals surface area contributed by atoms with Crippen molar-refractivity contribution in [1.82, 2.24) is 29.0 Å². The predicted octanol–water partition coefficient (Wildman–Crippen LogP) is 2.03. The molecule has 1 fully saturated rings. The van der Waals surface area contributed by atoms with E-state index >= 15 is 0 Å². The third-order valence-corrected chi connectivity index (χ3v) is 6.66. The summed E-state index contributed by atoms with van der Waals surface area (Å²) in [7, 11) is -5.48. The number of hydrogen-bond donors (Lipinski definition) is 2. The molecule has 0 bridgehead atoms. The lowest BCUT2D eigenvalue weighted by molar-refractivity contribution is -0.0565. The van der Waals surface area contributed by atoms with Crippen LogP contribution in [0.25, 0.3) is 22.3 Å². The van der Waals surface area contributed by atoms with Crippen molar-refractivity contribution in [2.24, 2.45) is 0 Å². The van der Waals surface area contributed by atoms with Crippen molar-refractivity contribution in [3.63, 3.8) is 0 Å². The SMILES string of the molecule is CCNc1nn(C2(CC#N)CN(S(=O)(=O)C(F)(F)F)C2)cc1-c1ncnc2[nH]ccc12. The van der Waals surface area contributed by atoms with Gasteiger partial charge in [-0.1, -0.05) is 0 Å². The highest BCUT2D eigenvalue weighted by atomic mass is 32.2. The highest BCUT2D eigenvalue weighted by molar-refractivity contribution is 7.90. The van der Waals surface area contributed by atoms with Crippen molar-refractivity contribution in [3.8, 4) is 17.3 Å². The molecule has 3 aromatic heterocycles. The quantitative estimate of drug-likeness (QED) is 0.582. The number of halogens is 3. The Kier molecular flexibility index (Phi) is 4.90. The van der Waals surface area contributed by atoms with E-state index in [0.717, 1.165) is 0 Å². The van der Waals surface area contributed by atoms with Crippen molar-refractivity contribution in [2.75, 3.05) is 25.0 Å². The van der Waals surface area contributed by atoms with Crippen LogP contribution in [0.15, 0.2) is 24.8 Å². The van der Waals surface area contributed by atoms with Gasteiger partial charge in [-0.2, -0.15) is 27.8 Å². The smallest absolute Gasteiger partial charge is 0.368 e. The molecule has 2 N–H and O–H groups in total. The standard InChI is InChI=1S/C17H17F3N8O2S/c1-2-22-15-12(13-11-3-6-23-14(11)25-10-24-13)7-28(26-15)16(4-5-21)8-27(9-16)31(29,30)17(18,19)20/h3,6-7,10H,2,4,8-9H2,1H3,(H,22,26)(H,23,24,25). The monoisotopic (exact) mass is 454 g/mol. The second kappa shape index (κ2) is 7.20. The van der Waals surface area contributed by atoms with Crippen molar-refractivity contribution in [1.29, 1.82) is 5.26 Å². The molecule has 0 radical (unpaired) electrons. The van der Waals surface area contributed by atoms with Crippen LogP contribution in [0.4, 0.5) is 19.0 Å². The first-order chi connectivity index (χ1) is 14.6. The highest BCUT2D eigenvalue weighted by Gasteiger charge is 2.59. The first kappa shape index (κ1) is 21.1. The van der Waals surface area contributed by atoms with Gasteiger partial charge in [-0.15, -0.1) is 0 Å². The number of nitrogens with zero attached hydrogens (tertiary/aromatic N) is 6. The summed E-state index contributed by atoms with van der Waals surface area (Å²) in [6.45, 7) is 1.32. The summed E-state index contributed by atoms with van der Waals surface area (Å²) in [5, 5.41) is 17.5. The lowest BCUT2D eigenvalue weighted by Gasteiger charge is -2.47. The van der Waals surface area contributed by atoms with Crippen molar-refractivity contribution >= 4 is 26.9 Å². The summed E-state index contributed by atoms with van der Waals surface area (Å²) < 4.78 is 63.9. The van der Waals surface area contributed by atoms with Gasteiger partial charge in [-0.25, -0.2) is 18.4 Å². The van der Waals surface area contributed by atoms with Gasteiger partial charge < -0.3 is 10.3 Å². The van der Waals surface area contributed by atoms with Gasteiger partial charge in [-0.05, 0) is 13.0 Å². The molecule has 164 valence electrons. The number of aromatic amines is 1. The molecule has 3 aromatic rings. The molecule has 1 aliphatic heterocycles. The van der Waals surface area contributed by atoms with Crippen LogP contribution in [0, 0.1) is 11.3 Å². The molecular formula is C17H17F3N8O2S. The van der Waals surface area contributed by atoms with Crippen molar-refractivity contribution in [3.05, 3.63) is 24.8 Å². The summed E-state index contributed by atoms with van der Waals surface area (Å²) in [6, 6.07) is 3.71. The molecule has 0 spiro atoms. The minimum atomic E-state index is -5.48. The molecule has 1 aliphatic rings. The van der Waals surface area contributed by atoms with E-state index in [1.54, 1.807) is 18.5 Å². The van der Waals surface area contributed by atoms with Crippen LogP contribution in [0.5, 0.6) is 0 Å². The zero-order valence-corrected chi connectivity index (χ0v) is 17.0. The first-order valence-corrected chi connectivity index (χ1v) is 10.6. The summed E-state index contributed by atoms with van der Waals surface area (Å²) in [5.74, 6) is 0.415. The highest BCUT2D eigenvalue weighted by Crippen LogP contribution is 2.41. The van der Waals surface area contributed by atoms with E-state index in [-0.39, 0.29) is 6.42 Å². The van der Waals surface area contributed by atoms with Gasteiger partial charge in [-0.3, -0.25) is 4.68 Å². The maximum absolute atomic E-state index is 12.9. The molecule has 0 aromatic carbocycles. The van der Waals surface area contributed by atoms with Crippen LogP contribution < -0.4 is 5.32 Å². The Hall–Kier alpha value is -3.18. The third kappa shape index (κ3) is 3.29. The summed E-state index contributed by atoms with van der Waals surface area (Å²) in [6.07, 6.45) is 4.42. The normalized spacial score (nSPS) is 16.7. The molecule has 0 aliphatic carbocycles. The van der Waals surface area contributed by atoms with E-state index in [4.69, 9.17) is 0 Å². The van der Waals surface area contributed by atoms with Gasteiger partial charge in [0.25, 0.3) is 0 Å². The number of nitrogens with one attached hydrogen (secondary N) is 2. The number of aromatic nitrogens is 5. The summed E-state index contributed by atoms with van der Waals surface area (Å²) in [4.78, 5) is 11.4. The fourth-order valence-corrected chi connectivity index (χ4v) is 4.70.